The number of unbranched alkanes of at least 4 members (excludes halogenated alkanes) is 4. The molecule has 0 saturated heterocycles. The maximum absolute atomic E-state index is 12.1. The van der Waals surface area contributed by atoms with Crippen molar-refractivity contribution in [1.29, 1.82) is 0 Å². The Balaban J connectivity index is 4.15. The van der Waals surface area contributed by atoms with Crippen LogP contribution in [0, 0.1) is 0 Å². The Labute approximate surface area is 124 Å². The molecule has 20 heavy (non-hydrogen) atoms. The van der Waals surface area contributed by atoms with E-state index in [0.29, 0.717) is 6.54 Å². The van der Waals surface area contributed by atoms with E-state index in [1.807, 2.05) is 25.7 Å². The third-order valence-corrected chi connectivity index (χ3v) is 2.92. The number of carbonyl (C=O) groups excluding carboxylic acids is 1. The van der Waals surface area contributed by atoms with Gasteiger partial charge in [-0.05, 0) is 59.5 Å². The van der Waals surface area contributed by atoms with Crippen molar-refractivity contribution in [1.82, 2.24) is 4.90 Å². The summed E-state index contributed by atoms with van der Waals surface area (Å²) in [6, 6.07) is 0. The van der Waals surface area contributed by atoms with Crippen LogP contribution in [0.1, 0.15) is 59.3 Å². The van der Waals surface area contributed by atoms with Crippen molar-refractivity contribution in [3.63, 3.8) is 0 Å². The van der Waals surface area contributed by atoms with Gasteiger partial charge in [-0.15, -0.1) is 0 Å². The number of amides is 1. The Kier molecular flexibility index (Phi) is 10.5. The fourth-order valence-electron chi connectivity index (χ4n) is 1.87. The smallest absolute Gasteiger partial charge is 0.410 e. The molecule has 0 aliphatic rings. The minimum absolute atomic E-state index is 0.214. The van der Waals surface area contributed by atoms with Crippen molar-refractivity contribution in [3.05, 3.63) is 0 Å². The van der Waals surface area contributed by atoms with Crippen LogP contribution in [0.4, 0.5) is 4.79 Å². The van der Waals surface area contributed by atoms with Crippen molar-refractivity contribution >= 4 is 6.09 Å². The van der Waals surface area contributed by atoms with E-state index in [4.69, 9.17) is 16.2 Å². The molecule has 0 aliphatic carbocycles. The fourth-order valence-corrected chi connectivity index (χ4v) is 1.87. The minimum atomic E-state index is -0.442. The highest BCUT2D eigenvalue weighted by molar-refractivity contribution is 5.68. The Morgan fingerprint density at radius 2 is 1.35 bits per heavy atom. The molecule has 0 aliphatic heterocycles. The number of hydrogen-bond donors (Lipinski definition) is 2. The molecule has 0 aromatic carbocycles. The molecule has 0 aromatic heterocycles. The lowest BCUT2D eigenvalue weighted by Crippen LogP contribution is -2.38. The second-order valence-corrected chi connectivity index (χ2v) is 6.17. The van der Waals surface area contributed by atoms with Gasteiger partial charge in [0.1, 0.15) is 5.60 Å². The molecule has 0 unspecified atom stereocenters. The van der Waals surface area contributed by atoms with E-state index in [-0.39, 0.29) is 6.09 Å². The van der Waals surface area contributed by atoms with Crippen LogP contribution in [0.3, 0.4) is 0 Å². The first-order valence-electron chi connectivity index (χ1n) is 7.78. The summed E-state index contributed by atoms with van der Waals surface area (Å²) in [5.41, 5.74) is 10.5. The molecule has 1 amide bonds. The van der Waals surface area contributed by atoms with E-state index in [2.05, 4.69) is 0 Å². The van der Waals surface area contributed by atoms with Crippen LogP contribution >= 0.6 is 0 Å². The average molecular weight is 287 g/mol. The second kappa shape index (κ2) is 10.9. The highest BCUT2D eigenvalue weighted by Crippen LogP contribution is 2.12. The highest BCUT2D eigenvalue weighted by atomic mass is 16.6. The largest absolute Gasteiger partial charge is 0.444 e. The normalized spacial score (nSPS) is 11.4. The Hall–Kier alpha value is -0.810. The maximum atomic E-state index is 12.1. The maximum Gasteiger partial charge on any atom is 0.410 e. The number of nitrogens with two attached hydrogens (primary N) is 2. The van der Waals surface area contributed by atoms with Gasteiger partial charge < -0.3 is 21.1 Å². The SMILES string of the molecule is CC(C)(C)OC(=O)N(CCCCN)CCCCCCN. The third kappa shape index (κ3) is 11.1. The number of carbonyl (C=O) groups is 1. The van der Waals surface area contributed by atoms with E-state index in [0.717, 1.165) is 58.2 Å². The number of hydrogen-bond acceptors (Lipinski definition) is 4. The molecule has 0 atom stereocenters. The number of rotatable bonds is 10. The van der Waals surface area contributed by atoms with Gasteiger partial charge in [-0.1, -0.05) is 12.8 Å². The predicted octanol–water partition coefficient (Wildman–Crippen LogP) is 2.48. The van der Waals surface area contributed by atoms with Crippen LogP contribution in [0.2, 0.25) is 0 Å². The summed E-state index contributed by atoms with van der Waals surface area (Å²) in [7, 11) is 0. The summed E-state index contributed by atoms with van der Waals surface area (Å²) < 4.78 is 5.44. The standard InChI is InChI=1S/C15H33N3O2/c1-15(2,3)20-14(19)18(13-9-7-11-17)12-8-5-4-6-10-16/h4-13,16-17H2,1-3H3. The fraction of sp³-hybridized carbons (Fsp3) is 0.933. The average Bonchev–Trinajstić information content (AvgIpc) is 2.34. The summed E-state index contributed by atoms with van der Waals surface area (Å²) in [5.74, 6) is 0. The highest BCUT2D eigenvalue weighted by Gasteiger charge is 2.21. The first kappa shape index (κ1) is 19.2. The van der Waals surface area contributed by atoms with Crippen molar-refractivity contribution < 1.29 is 9.53 Å². The monoisotopic (exact) mass is 287 g/mol. The second-order valence-electron chi connectivity index (χ2n) is 6.17. The van der Waals surface area contributed by atoms with Gasteiger partial charge in [0.15, 0.2) is 0 Å². The lowest BCUT2D eigenvalue weighted by molar-refractivity contribution is 0.0244. The van der Waals surface area contributed by atoms with Crippen LogP contribution < -0.4 is 11.5 Å². The predicted molar refractivity (Wildman–Crippen MR) is 83.6 cm³/mol. The quantitative estimate of drug-likeness (QED) is 0.605. The van der Waals surface area contributed by atoms with Gasteiger partial charge in [-0.25, -0.2) is 4.79 Å². The molecule has 0 aromatic rings. The molecule has 0 radical (unpaired) electrons. The van der Waals surface area contributed by atoms with E-state index < -0.39 is 5.60 Å². The summed E-state index contributed by atoms with van der Waals surface area (Å²) in [4.78, 5) is 13.9. The van der Waals surface area contributed by atoms with Gasteiger partial charge in [0.25, 0.3) is 0 Å². The zero-order chi connectivity index (χ0) is 15.4. The molecular formula is C15H33N3O2. The van der Waals surface area contributed by atoms with Gasteiger partial charge in [-0.3, -0.25) is 0 Å². The van der Waals surface area contributed by atoms with Crippen molar-refractivity contribution in [2.24, 2.45) is 11.5 Å². The summed E-state index contributed by atoms with van der Waals surface area (Å²) in [5, 5.41) is 0. The lowest BCUT2D eigenvalue weighted by atomic mass is 10.2. The zero-order valence-electron chi connectivity index (χ0n) is 13.5. The first-order valence-corrected chi connectivity index (χ1v) is 7.78. The molecule has 0 rings (SSSR count). The summed E-state index contributed by atoms with van der Waals surface area (Å²) in [6.07, 6.45) is 5.94. The molecule has 0 spiro atoms. The van der Waals surface area contributed by atoms with Crippen LogP contribution in [0.15, 0.2) is 0 Å². The van der Waals surface area contributed by atoms with Crippen LogP contribution in [0.25, 0.3) is 0 Å². The Morgan fingerprint density at radius 1 is 0.900 bits per heavy atom. The molecule has 0 saturated carbocycles. The van der Waals surface area contributed by atoms with Crippen LogP contribution in [0.5, 0.6) is 0 Å². The van der Waals surface area contributed by atoms with E-state index in [9.17, 15) is 4.79 Å². The first-order chi connectivity index (χ1) is 9.40. The van der Waals surface area contributed by atoms with Crippen LogP contribution in [-0.4, -0.2) is 42.8 Å². The van der Waals surface area contributed by atoms with Crippen molar-refractivity contribution in [2.45, 2.75) is 64.9 Å². The van der Waals surface area contributed by atoms with Gasteiger partial charge in [0.2, 0.25) is 0 Å². The molecule has 0 heterocycles. The van der Waals surface area contributed by atoms with E-state index in [1.165, 1.54) is 0 Å². The topological polar surface area (TPSA) is 81.6 Å². The summed E-state index contributed by atoms with van der Waals surface area (Å²) >= 11 is 0. The lowest BCUT2D eigenvalue weighted by Gasteiger charge is -2.27. The molecular weight excluding hydrogens is 254 g/mol. The molecule has 5 nitrogen and oxygen atoms in total. The van der Waals surface area contributed by atoms with Gasteiger partial charge in [0.05, 0.1) is 0 Å². The number of nitrogens with zero attached hydrogens (tertiary/aromatic N) is 1. The molecule has 0 fully saturated rings. The molecule has 120 valence electrons. The minimum Gasteiger partial charge on any atom is -0.444 e. The third-order valence-electron chi connectivity index (χ3n) is 2.92. The van der Waals surface area contributed by atoms with E-state index >= 15 is 0 Å². The Bertz CT molecular complexity index is 252. The van der Waals surface area contributed by atoms with Crippen molar-refractivity contribution in [3.8, 4) is 0 Å². The molecule has 4 N–H and O–H groups in total. The Morgan fingerprint density at radius 3 is 1.85 bits per heavy atom. The molecule has 0 bridgehead atoms. The van der Waals surface area contributed by atoms with E-state index in [1.54, 1.807) is 0 Å². The zero-order valence-corrected chi connectivity index (χ0v) is 13.5. The van der Waals surface area contributed by atoms with Crippen LogP contribution in [-0.2, 0) is 4.74 Å². The number of ether oxygens (including phenoxy) is 1. The van der Waals surface area contributed by atoms with Gasteiger partial charge in [0, 0.05) is 13.1 Å². The van der Waals surface area contributed by atoms with Gasteiger partial charge >= 0.3 is 6.09 Å². The van der Waals surface area contributed by atoms with Gasteiger partial charge in [-0.2, -0.15) is 0 Å². The summed E-state index contributed by atoms with van der Waals surface area (Å²) in [6.45, 7) is 8.57. The molecule has 5 heteroatoms. The van der Waals surface area contributed by atoms with Crippen molar-refractivity contribution in [2.75, 3.05) is 26.2 Å².